The number of ether oxygens (including phenoxy) is 3. The van der Waals surface area contributed by atoms with Gasteiger partial charge in [-0.3, -0.25) is 0 Å². The Morgan fingerprint density at radius 2 is 1.52 bits per heavy atom. The Kier molecular flexibility index (Phi) is 7.77. The number of aromatic nitrogens is 3. The van der Waals surface area contributed by atoms with Gasteiger partial charge in [-0.2, -0.15) is 4.52 Å². The van der Waals surface area contributed by atoms with Crippen molar-refractivity contribution in [2.45, 2.75) is 32.8 Å². The summed E-state index contributed by atoms with van der Waals surface area (Å²) in [6.45, 7) is 12.2. The Morgan fingerprint density at radius 1 is 0.932 bits per heavy atom. The van der Waals surface area contributed by atoms with Crippen molar-refractivity contribution in [3.63, 3.8) is 0 Å². The van der Waals surface area contributed by atoms with Crippen LogP contribution in [0.2, 0.25) is 0 Å². The normalized spacial score (nSPS) is 17.6. The SMILES string of the molecule is [C-]#[N+]c1c(C(=O)OC2C(C)CCC2C)c2[nH]c(-c3ccccc3OC)nn2c1OC(=O)N(c1ccccc1)c1ccccc1. The molecule has 3 aromatic carbocycles. The number of nitrogens with one attached hydrogen (secondary N) is 1. The van der Waals surface area contributed by atoms with Crippen LogP contribution in [0.5, 0.6) is 11.6 Å². The molecule has 10 nitrogen and oxygen atoms in total. The molecule has 0 spiro atoms. The van der Waals surface area contributed by atoms with Gasteiger partial charge in [-0.1, -0.05) is 62.4 Å². The van der Waals surface area contributed by atoms with E-state index in [1.54, 1.807) is 37.4 Å². The van der Waals surface area contributed by atoms with E-state index in [-0.39, 0.29) is 40.7 Å². The summed E-state index contributed by atoms with van der Waals surface area (Å²) in [5, 5.41) is 4.66. The minimum atomic E-state index is -0.786. The van der Waals surface area contributed by atoms with E-state index in [1.807, 2.05) is 54.6 Å². The number of para-hydroxylation sites is 3. The number of methoxy groups -OCH3 is 1. The Bertz CT molecular complexity index is 1810. The van der Waals surface area contributed by atoms with Crippen LogP contribution < -0.4 is 14.4 Å². The third kappa shape index (κ3) is 5.13. The first-order valence-corrected chi connectivity index (χ1v) is 14.4. The molecule has 6 rings (SSSR count). The second kappa shape index (κ2) is 12.0. The number of hydrogen-bond acceptors (Lipinski definition) is 6. The van der Waals surface area contributed by atoms with Gasteiger partial charge in [0.05, 0.1) is 30.6 Å². The molecule has 0 saturated heterocycles. The van der Waals surface area contributed by atoms with E-state index in [2.05, 4.69) is 28.8 Å². The quantitative estimate of drug-likeness (QED) is 0.153. The van der Waals surface area contributed by atoms with E-state index < -0.39 is 12.1 Å². The lowest BCUT2D eigenvalue weighted by Gasteiger charge is -2.22. The molecule has 44 heavy (non-hydrogen) atoms. The summed E-state index contributed by atoms with van der Waals surface area (Å²) in [6.07, 6.45) is 0.802. The second-order valence-electron chi connectivity index (χ2n) is 10.9. The Labute approximate surface area is 254 Å². The molecular weight excluding hydrogens is 558 g/mol. The zero-order chi connectivity index (χ0) is 30.8. The number of benzene rings is 3. The number of hydrogen-bond donors (Lipinski definition) is 1. The van der Waals surface area contributed by atoms with E-state index in [1.165, 1.54) is 9.42 Å². The molecular formula is C34H31N5O5. The van der Waals surface area contributed by atoms with Crippen LogP contribution in [0.4, 0.5) is 21.9 Å². The van der Waals surface area contributed by atoms with E-state index in [9.17, 15) is 9.59 Å². The summed E-state index contributed by atoms with van der Waals surface area (Å²) in [5.41, 5.74) is 1.69. The molecule has 0 radical (unpaired) electrons. The highest BCUT2D eigenvalue weighted by Crippen LogP contribution is 2.42. The lowest BCUT2D eigenvalue weighted by Crippen LogP contribution is -2.29. The van der Waals surface area contributed by atoms with Crippen LogP contribution in [0.15, 0.2) is 84.9 Å². The highest BCUT2D eigenvalue weighted by molar-refractivity contribution is 6.06. The van der Waals surface area contributed by atoms with Crippen molar-refractivity contribution in [2.75, 3.05) is 12.0 Å². The minimum absolute atomic E-state index is 0.0475. The number of rotatable bonds is 7. The maximum atomic E-state index is 14.0. The average molecular weight is 590 g/mol. The Morgan fingerprint density at radius 3 is 2.11 bits per heavy atom. The molecule has 1 aliphatic rings. The number of amides is 1. The highest BCUT2D eigenvalue weighted by Gasteiger charge is 2.37. The van der Waals surface area contributed by atoms with E-state index >= 15 is 0 Å². The predicted molar refractivity (Wildman–Crippen MR) is 166 cm³/mol. The monoisotopic (exact) mass is 589 g/mol. The van der Waals surface area contributed by atoms with Crippen molar-refractivity contribution >= 4 is 34.8 Å². The second-order valence-corrected chi connectivity index (χ2v) is 10.9. The van der Waals surface area contributed by atoms with E-state index in [4.69, 9.17) is 20.8 Å². The first-order valence-electron chi connectivity index (χ1n) is 14.4. The molecule has 1 saturated carbocycles. The number of carbonyl (C=O) groups is 2. The molecule has 1 aliphatic carbocycles. The number of nitrogens with zero attached hydrogens (tertiary/aromatic N) is 4. The number of carbonyl (C=O) groups excluding carboxylic acids is 2. The largest absolute Gasteiger partial charge is 0.496 e. The van der Waals surface area contributed by atoms with Crippen molar-refractivity contribution in [1.82, 2.24) is 14.6 Å². The van der Waals surface area contributed by atoms with Gasteiger partial charge in [0.15, 0.2) is 5.82 Å². The molecule has 1 fully saturated rings. The molecule has 10 heteroatoms. The Balaban J connectivity index is 1.49. The maximum Gasteiger partial charge on any atom is 0.424 e. The molecule has 222 valence electrons. The lowest BCUT2D eigenvalue weighted by molar-refractivity contribution is 0.0122. The van der Waals surface area contributed by atoms with Crippen LogP contribution in [0.3, 0.4) is 0 Å². The van der Waals surface area contributed by atoms with Crippen molar-refractivity contribution in [2.24, 2.45) is 11.8 Å². The number of anilines is 2. The highest BCUT2D eigenvalue weighted by atomic mass is 16.6. The van der Waals surface area contributed by atoms with Crippen LogP contribution in [-0.4, -0.2) is 39.9 Å². The van der Waals surface area contributed by atoms with Crippen molar-refractivity contribution < 1.29 is 23.8 Å². The minimum Gasteiger partial charge on any atom is -0.496 e. The number of fused-ring (bicyclic) bond motifs is 1. The molecule has 0 bridgehead atoms. The summed E-state index contributed by atoms with van der Waals surface area (Å²) in [6, 6.07) is 25.3. The van der Waals surface area contributed by atoms with Gasteiger partial charge in [-0.25, -0.2) is 19.3 Å². The summed E-state index contributed by atoms with van der Waals surface area (Å²) >= 11 is 0. The van der Waals surface area contributed by atoms with E-state index in [0.717, 1.165) is 12.8 Å². The van der Waals surface area contributed by atoms with Crippen LogP contribution in [0, 0.1) is 18.4 Å². The molecule has 5 aromatic rings. The molecule has 1 amide bonds. The fraction of sp³-hybridized carbons (Fsp3) is 0.235. The fourth-order valence-electron chi connectivity index (χ4n) is 5.80. The fourth-order valence-corrected chi connectivity index (χ4v) is 5.80. The predicted octanol–water partition coefficient (Wildman–Crippen LogP) is 7.82. The smallest absolute Gasteiger partial charge is 0.424 e. The summed E-state index contributed by atoms with van der Waals surface area (Å²) in [4.78, 5) is 36.0. The summed E-state index contributed by atoms with van der Waals surface area (Å²) in [7, 11) is 1.55. The first-order chi connectivity index (χ1) is 21.4. The number of esters is 1. The van der Waals surface area contributed by atoms with Gasteiger partial charge in [0, 0.05) is 0 Å². The standard InChI is InChI=1S/C34H31N5O5/c1-21-19-20-22(2)29(21)43-33(40)27-28(35-3)32(39-31(27)36-30(37-39)25-17-11-12-18-26(25)42-4)44-34(41)38(23-13-7-5-8-14-23)24-15-9-6-10-16-24/h5-18,21-22,29H,19-20H2,1-2,4H3,(H,36,37). The van der Waals surface area contributed by atoms with Gasteiger partial charge in [-0.05, 0) is 61.1 Å². The Hall–Kier alpha value is -5.56. The van der Waals surface area contributed by atoms with Gasteiger partial charge in [-0.15, -0.1) is 5.10 Å². The molecule has 2 aromatic heterocycles. The van der Waals surface area contributed by atoms with Crippen LogP contribution in [0.1, 0.15) is 37.0 Å². The topological polar surface area (TPSA) is 103 Å². The van der Waals surface area contributed by atoms with Crippen LogP contribution in [-0.2, 0) is 4.74 Å². The molecule has 2 heterocycles. The number of aromatic amines is 1. The zero-order valence-electron chi connectivity index (χ0n) is 24.6. The van der Waals surface area contributed by atoms with Crippen molar-refractivity contribution in [1.29, 1.82) is 0 Å². The van der Waals surface area contributed by atoms with Gasteiger partial charge >= 0.3 is 12.1 Å². The van der Waals surface area contributed by atoms with E-state index in [0.29, 0.717) is 28.5 Å². The van der Waals surface area contributed by atoms with Crippen molar-refractivity contribution in [3.05, 3.63) is 102 Å². The molecule has 0 aliphatic heterocycles. The first kappa shape index (κ1) is 28.6. The number of H-pyrrole nitrogens is 1. The summed E-state index contributed by atoms with van der Waals surface area (Å²) in [5.74, 6) is 0.374. The molecule has 1 N–H and O–H groups in total. The average Bonchev–Trinajstić information content (AvgIpc) is 3.70. The summed E-state index contributed by atoms with van der Waals surface area (Å²) < 4.78 is 18.8. The maximum absolute atomic E-state index is 14.0. The zero-order valence-corrected chi connectivity index (χ0v) is 24.6. The van der Waals surface area contributed by atoms with Crippen LogP contribution >= 0.6 is 0 Å². The molecule has 2 atom stereocenters. The van der Waals surface area contributed by atoms with Gasteiger partial charge in [0.2, 0.25) is 5.88 Å². The van der Waals surface area contributed by atoms with Gasteiger partial charge in [0.25, 0.3) is 5.69 Å². The van der Waals surface area contributed by atoms with Crippen molar-refractivity contribution in [3.8, 4) is 23.0 Å². The third-order valence-electron chi connectivity index (χ3n) is 8.03. The van der Waals surface area contributed by atoms with Gasteiger partial charge < -0.3 is 19.2 Å². The molecule has 2 unspecified atom stereocenters. The third-order valence-corrected chi connectivity index (χ3v) is 8.03. The van der Waals surface area contributed by atoms with Crippen LogP contribution in [0.25, 0.3) is 21.9 Å². The lowest BCUT2D eigenvalue weighted by atomic mass is 10.0. The van der Waals surface area contributed by atoms with Gasteiger partial charge in [0.1, 0.15) is 23.1 Å².